The van der Waals surface area contributed by atoms with Crippen LogP contribution in [0.15, 0.2) is 24.3 Å². The summed E-state index contributed by atoms with van der Waals surface area (Å²) in [4.78, 5) is 41.3. The predicted molar refractivity (Wildman–Crippen MR) is 125 cm³/mol. The van der Waals surface area contributed by atoms with Crippen molar-refractivity contribution in [3.05, 3.63) is 35.4 Å². The zero-order valence-corrected chi connectivity index (χ0v) is 20.2. The molecule has 2 aliphatic heterocycles. The summed E-state index contributed by atoms with van der Waals surface area (Å²) in [6.45, 7) is 12.8. The summed E-state index contributed by atoms with van der Waals surface area (Å²) >= 11 is 1.63. The van der Waals surface area contributed by atoms with Crippen LogP contribution >= 0.6 is 11.8 Å². The molecule has 2 N–H and O–H groups in total. The molecule has 0 saturated carbocycles. The third-order valence-corrected chi connectivity index (χ3v) is 7.89. The fourth-order valence-corrected chi connectivity index (χ4v) is 5.92. The summed E-state index contributed by atoms with van der Waals surface area (Å²) in [6, 6.07) is 6.30. The van der Waals surface area contributed by atoms with E-state index in [4.69, 9.17) is 0 Å². The number of benzene rings is 1. The minimum absolute atomic E-state index is 0.0116. The van der Waals surface area contributed by atoms with Crippen LogP contribution in [0, 0.1) is 11.8 Å². The second-order valence-corrected chi connectivity index (χ2v) is 11.4. The van der Waals surface area contributed by atoms with Crippen LogP contribution in [0.3, 0.4) is 0 Å². The van der Waals surface area contributed by atoms with Gasteiger partial charge in [-0.05, 0) is 43.7 Å². The van der Waals surface area contributed by atoms with Crippen molar-refractivity contribution in [3.63, 3.8) is 0 Å². The first-order valence-electron chi connectivity index (χ1n) is 11.3. The van der Waals surface area contributed by atoms with E-state index in [1.54, 1.807) is 16.7 Å². The second-order valence-electron chi connectivity index (χ2n) is 9.62. The van der Waals surface area contributed by atoms with Gasteiger partial charge in [0, 0.05) is 16.9 Å². The average Bonchev–Trinajstić information content (AvgIpc) is 3.14. The minimum atomic E-state index is -0.641. The fourth-order valence-electron chi connectivity index (χ4n) is 4.33. The molecule has 1 aromatic rings. The van der Waals surface area contributed by atoms with E-state index < -0.39 is 16.8 Å². The molecule has 3 rings (SSSR count). The summed E-state index contributed by atoms with van der Waals surface area (Å²) in [5.74, 6) is -0.0411. The maximum Gasteiger partial charge on any atom is 0.256 e. The lowest BCUT2D eigenvalue weighted by Crippen LogP contribution is -2.58. The van der Waals surface area contributed by atoms with Crippen molar-refractivity contribution in [3.8, 4) is 0 Å². The van der Waals surface area contributed by atoms with Gasteiger partial charge in [0.25, 0.3) is 5.91 Å². The monoisotopic (exact) mass is 445 g/mol. The lowest BCUT2D eigenvalue weighted by atomic mass is 9.95. The van der Waals surface area contributed by atoms with E-state index >= 15 is 0 Å². The molecular weight excluding hydrogens is 410 g/mol. The molecule has 0 spiro atoms. The number of fused-ring (bicyclic) bond motifs is 3. The van der Waals surface area contributed by atoms with Crippen molar-refractivity contribution in [1.82, 2.24) is 15.5 Å². The number of hydrogen-bond donors (Lipinski definition) is 2. The third-order valence-electron chi connectivity index (χ3n) is 6.36. The molecule has 170 valence electrons. The summed E-state index contributed by atoms with van der Waals surface area (Å²) in [6.07, 6.45) is 1.66. The number of carbonyl (C=O) groups excluding carboxylic acids is 3. The highest BCUT2D eigenvalue weighted by Crippen LogP contribution is 2.56. The van der Waals surface area contributed by atoms with E-state index in [0.29, 0.717) is 18.0 Å². The Balaban J connectivity index is 1.80. The molecule has 0 radical (unpaired) electrons. The number of rotatable bonds is 8. The molecule has 1 saturated heterocycles. The van der Waals surface area contributed by atoms with Gasteiger partial charge < -0.3 is 15.5 Å². The molecule has 4 unspecified atom stereocenters. The van der Waals surface area contributed by atoms with Crippen LogP contribution in [0.4, 0.5) is 0 Å². The number of thioether (sulfide) groups is 1. The van der Waals surface area contributed by atoms with Crippen LogP contribution in [0.2, 0.25) is 0 Å². The van der Waals surface area contributed by atoms with Crippen molar-refractivity contribution in [1.29, 1.82) is 0 Å². The Bertz CT molecular complexity index is 854. The van der Waals surface area contributed by atoms with Crippen molar-refractivity contribution < 1.29 is 14.4 Å². The summed E-state index contributed by atoms with van der Waals surface area (Å²) in [5.41, 5.74) is 1.63. The first kappa shape index (κ1) is 23.6. The van der Waals surface area contributed by atoms with Crippen LogP contribution < -0.4 is 10.6 Å². The SMILES string of the molecule is CCC(C)C(NC(=O)C1N2C(=O)c3ccccc3C2SC1(C)C)C(=O)NCCC(C)C. The Morgan fingerprint density at radius 1 is 1.19 bits per heavy atom. The van der Waals surface area contributed by atoms with Crippen molar-refractivity contribution in [2.24, 2.45) is 11.8 Å². The van der Waals surface area contributed by atoms with Crippen LogP contribution in [-0.2, 0) is 9.59 Å². The molecule has 3 amide bonds. The van der Waals surface area contributed by atoms with Gasteiger partial charge in [0.05, 0.1) is 0 Å². The van der Waals surface area contributed by atoms with Crippen molar-refractivity contribution in [2.45, 2.75) is 76.6 Å². The smallest absolute Gasteiger partial charge is 0.256 e. The van der Waals surface area contributed by atoms with Gasteiger partial charge >= 0.3 is 0 Å². The Kier molecular flexibility index (Phi) is 7.04. The maximum atomic E-state index is 13.5. The van der Waals surface area contributed by atoms with E-state index in [9.17, 15) is 14.4 Å². The molecular formula is C24H35N3O3S. The molecule has 1 fully saturated rings. The van der Waals surface area contributed by atoms with Crippen molar-refractivity contribution >= 4 is 29.5 Å². The Labute approximate surface area is 189 Å². The fraction of sp³-hybridized carbons (Fsp3) is 0.625. The van der Waals surface area contributed by atoms with Gasteiger partial charge in [-0.25, -0.2) is 0 Å². The van der Waals surface area contributed by atoms with Gasteiger partial charge in [-0.15, -0.1) is 11.8 Å². The van der Waals surface area contributed by atoms with Gasteiger partial charge in [-0.2, -0.15) is 0 Å². The topological polar surface area (TPSA) is 78.5 Å². The van der Waals surface area contributed by atoms with Crippen molar-refractivity contribution in [2.75, 3.05) is 6.54 Å². The molecule has 0 aromatic heterocycles. The Morgan fingerprint density at radius 2 is 1.87 bits per heavy atom. The largest absolute Gasteiger partial charge is 0.354 e. The summed E-state index contributed by atoms with van der Waals surface area (Å²) in [7, 11) is 0. The maximum absolute atomic E-state index is 13.5. The number of amides is 3. The van der Waals surface area contributed by atoms with Gasteiger partial charge in [-0.3, -0.25) is 14.4 Å². The molecule has 0 bridgehead atoms. The van der Waals surface area contributed by atoms with E-state index in [-0.39, 0.29) is 29.0 Å². The highest BCUT2D eigenvalue weighted by molar-refractivity contribution is 8.01. The zero-order chi connectivity index (χ0) is 22.9. The van der Waals surface area contributed by atoms with Gasteiger partial charge in [0.2, 0.25) is 11.8 Å². The van der Waals surface area contributed by atoms with Gasteiger partial charge in [-0.1, -0.05) is 52.3 Å². The lowest BCUT2D eigenvalue weighted by molar-refractivity contribution is -0.133. The van der Waals surface area contributed by atoms with Crippen LogP contribution in [0.5, 0.6) is 0 Å². The quantitative estimate of drug-likeness (QED) is 0.639. The normalized spacial score (nSPS) is 23.3. The molecule has 7 heteroatoms. The first-order valence-corrected chi connectivity index (χ1v) is 12.1. The van der Waals surface area contributed by atoms with E-state index in [0.717, 1.165) is 18.4 Å². The molecule has 31 heavy (non-hydrogen) atoms. The number of hydrogen-bond acceptors (Lipinski definition) is 4. The number of carbonyl (C=O) groups is 3. The van der Waals surface area contributed by atoms with Gasteiger partial charge in [0.1, 0.15) is 17.5 Å². The number of nitrogens with zero attached hydrogens (tertiary/aromatic N) is 1. The average molecular weight is 446 g/mol. The highest BCUT2D eigenvalue weighted by atomic mass is 32.2. The number of nitrogens with one attached hydrogen (secondary N) is 2. The predicted octanol–water partition coefficient (Wildman–Crippen LogP) is 3.73. The van der Waals surface area contributed by atoms with E-state index in [2.05, 4.69) is 24.5 Å². The van der Waals surface area contributed by atoms with E-state index in [1.807, 2.05) is 52.0 Å². The second kappa shape index (κ2) is 9.23. The van der Waals surface area contributed by atoms with Crippen LogP contribution in [0.25, 0.3) is 0 Å². The first-order chi connectivity index (χ1) is 14.6. The molecule has 2 heterocycles. The summed E-state index contributed by atoms with van der Waals surface area (Å²) in [5, 5.41) is 5.81. The Morgan fingerprint density at radius 3 is 2.52 bits per heavy atom. The molecule has 1 aromatic carbocycles. The minimum Gasteiger partial charge on any atom is -0.354 e. The third kappa shape index (κ3) is 4.61. The molecule has 6 nitrogen and oxygen atoms in total. The molecule has 4 atom stereocenters. The van der Waals surface area contributed by atoms with Crippen LogP contribution in [-0.4, -0.2) is 46.0 Å². The lowest BCUT2D eigenvalue weighted by Gasteiger charge is -2.32. The van der Waals surface area contributed by atoms with Gasteiger partial charge in [0.15, 0.2) is 0 Å². The molecule has 0 aliphatic carbocycles. The standard InChI is InChI=1S/C24H35N3O3S/c1-7-15(4)18(20(28)25-13-12-14(2)3)26-21(29)19-24(5,6)31-23-17-11-9-8-10-16(17)22(30)27(19)23/h8-11,14-15,18-19,23H,7,12-13H2,1-6H3,(H,25,28)(H,26,29). The van der Waals surface area contributed by atoms with E-state index in [1.165, 1.54) is 0 Å². The zero-order valence-electron chi connectivity index (χ0n) is 19.4. The Hall–Kier alpha value is -2.02. The van der Waals surface area contributed by atoms with Crippen LogP contribution in [0.1, 0.15) is 75.7 Å². The summed E-state index contributed by atoms with van der Waals surface area (Å²) < 4.78 is -0.466. The highest BCUT2D eigenvalue weighted by Gasteiger charge is 2.57. The molecule has 2 aliphatic rings.